The molecule has 0 spiro atoms. The van der Waals surface area contributed by atoms with E-state index in [1.165, 1.54) is 32.9 Å². The van der Waals surface area contributed by atoms with E-state index in [0.29, 0.717) is 11.8 Å². The van der Waals surface area contributed by atoms with Crippen LogP contribution in [0.1, 0.15) is 52.7 Å². The smallest absolute Gasteiger partial charge is 0.248 e. The number of benzene rings is 6. The summed E-state index contributed by atoms with van der Waals surface area (Å²) in [6.45, 7) is 13.6. The SMILES string of the molecule is CC(C)(C)c1ccc2c(c1)c1cc(C(C)(C)C)ccc1n2-c1ccc(-c2nnc(-c3ccc(N(c4ccccc4)c4ccccc4)cc3)o2)cc1. The van der Waals surface area contributed by atoms with Gasteiger partial charge in [-0.15, -0.1) is 10.2 Å². The minimum Gasteiger partial charge on any atom is -0.416 e. The Hall–Kier alpha value is -5.94. The summed E-state index contributed by atoms with van der Waals surface area (Å²) < 4.78 is 8.61. The van der Waals surface area contributed by atoms with Crippen LogP contribution in [0.25, 0.3) is 50.4 Å². The van der Waals surface area contributed by atoms with Crippen molar-refractivity contribution in [3.05, 3.63) is 157 Å². The van der Waals surface area contributed by atoms with E-state index in [-0.39, 0.29) is 10.8 Å². The van der Waals surface area contributed by atoms with Crippen molar-refractivity contribution in [3.8, 4) is 28.6 Å². The van der Waals surface area contributed by atoms with Crippen molar-refractivity contribution in [1.82, 2.24) is 14.8 Å². The number of hydrogen-bond acceptors (Lipinski definition) is 4. The maximum atomic E-state index is 6.24. The zero-order chi connectivity index (χ0) is 35.3. The summed E-state index contributed by atoms with van der Waals surface area (Å²) in [6.07, 6.45) is 0. The maximum Gasteiger partial charge on any atom is 0.248 e. The predicted molar refractivity (Wildman–Crippen MR) is 212 cm³/mol. The molecule has 51 heavy (non-hydrogen) atoms. The zero-order valence-electron chi connectivity index (χ0n) is 30.1. The number of nitrogens with zero attached hydrogens (tertiary/aromatic N) is 4. The third-order valence-corrected chi connectivity index (χ3v) is 9.70. The van der Waals surface area contributed by atoms with E-state index in [0.717, 1.165) is 33.9 Å². The largest absolute Gasteiger partial charge is 0.416 e. The summed E-state index contributed by atoms with van der Waals surface area (Å²) in [6, 6.07) is 51.3. The first-order valence-electron chi connectivity index (χ1n) is 17.6. The summed E-state index contributed by atoms with van der Waals surface area (Å²) in [5, 5.41) is 11.4. The second-order valence-corrected chi connectivity index (χ2v) is 15.3. The van der Waals surface area contributed by atoms with Crippen LogP contribution in [0.15, 0.2) is 150 Å². The summed E-state index contributed by atoms with van der Waals surface area (Å²) in [5.41, 5.74) is 11.2. The number of rotatable bonds is 6. The van der Waals surface area contributed by atoms with E-state index in [9.17, 15) is 0 Å². The van der Waals surface area contributed by atoms with Crippen molar-refractivity contribution < 1.29 is 4.42 Å². The van der Waals surface area contributed by atoms with Crippen molar-refractivity contribution >= 4 is 38.9 Å². The Morgan fingerprint density at radius 2 is 0.882 bits per heavy atom. The Bertz CT molecular complexity index is 2350. The van der Waals surface area contributed by atoms with Crippen LogP contribution in [0.2, 0.25) is 0 Å². The van der Waals surface area contributed by atoms with Gasteiger partial charge in [0.1, 0.15) is 0 Å². The molecule has 0 atom stereocenters. The van der Waals surface area contributed by atoms with Crippen molar-refractivity contribution in [3.63, 3.8) is 0 Å². The molecule has 252 valence electrons. The van der Waals surface area contributed by atoms with E-state index in [2.05, 4.69) is 183 Å². The number of anilines is 3. The Morgan fingerprint density at radius 1 is 0.471 bits per heavy atom. The van der Waals surface area contributed by atoms with Crippen LogP contribution in [0.5, 0.6) is 0 Å². The first kappa shape index (κ1) is 32.3. The topological polar surface area (TPSA) is 47.1 Å². The van der Waals surface area contributed by atoms with Crippen molar-refractivity contribution in [1.29, 1.82) is 0 Å². The van der Waals surface area contributed by atoms with Gasteiger partial charge in [0.25, 0.3) is 0 Å². The standard InChI is InChI=1S/C46H42N4O/c1-45(2,3)33-21-27-41-39(29-33)40-30-34(46(4,5)6)22-28-42(40)50(41)38-25-19-32(20-26-38)44-48-47-43(51-44)31-17-23-37(24-18-31)49(35-13-9-7-10-14-35)36-15-11-8-12-16-36/h7-30H,1-6H3. The highest BCUT2D eigenvalue weighted by atomic mass is 16.4. The first-order valence-corrected chi connectivity index (χ1v) is 17.6. The van der Waals surface area contributed by atoms with Gasteiger partial charge < -0.3 is 13.9 Å². The van der Waals surface area contributed by atoms with Crippen LogP contribution < -0.4 is 4.90 Å². The molecule has 5 heteroatoms. The molecular weight excluding hydrogens is 625 g/mol. The highest BCUT2D eigenvalue weighted by Crippen LogP contribution is 2.39. The molecule has 0 amide bonds. The van der Waals surface area contributed by atoms with Crippen LogP contribution in [0, 0.1) is 0 Å². The quantitative estimate of drug-likeness (QED) is 0.177. The Morgan fingerprint density at radius 3 is 1.31 bits per heavy atom. The number of hydrogen-bond donors (Lipinski definition) is 0. The van der Waals surface area contributed by atoms with Crippen LogP contribution >= 0.6 is 0 Å². The summed E-state index contributed by atoms with van der Waals surface area (Å²) in [5.74, 6) is 0.973. The Balaban J connectivity index is 1.11. The van der Waals surface area contributed by atoms with E-state index in [4.69, 9.17) is 4.42 Å². The molecule has 0 aliphatic heterocycles. The van der Waals surface area contributed by atoms with Gasteiger partial charge in [0.15, 0.2) is 0 Å². The minimum atomic E-state index is 0.0571. The van der Waals surface area contributed by atoms with Crippen molar-refractivity contribution in [2.75, 3.05) is 4.90 Å². The highest BCUT2D eigenvalue weighted by Gasteiger charge is 2.21. The molecule has 0 saturated heterocycles. The highest BCUT2D eigenvalue weighted by molar-refractivity contribution is 6.10. The molecule has 0 fully saturated rings. The lowest BCUT2D eigenvalue weighted by atomic mass is 9.85. The van der Waals surface area contributed by atoms with E-state index >= 15 is 0 Å². The lowest BCUT2D eigenvalue weighted by Gasteiger charge is -2.25. The molecule has 8 aromatic rings. The van der Waals surface area contributed by atoms with Gasteiger partial charge in [-0.2, -0.15) is 0 Å². The average Bonchev–Trinajstić information content (AvgIpc) is 3.76. The number of para-hydroxylation sites is 2. The second-order valence-electron chi connectivity index (χ2n) is 15.3. The molecule has 0 aliphatic carbocycles. The van der Waals surface area contributed by atoms with Gasteiger partial charge in [-0.25, -0.2) is 0 Å². The third kappa shape index (κ3) is 6.10. The fourth-order valence-corrected chi connectivity index (χ4v) is 6.80. The fraction of sp³-hybridized carbons (Fsp3) is 0.174. The lowest BCUT2D eigenvalue weighted by Crippen LogP contribution is -2.10. The van der Waals surface area contributed by atoms with Gasteiger partial charge in [0.05, 0.1) is 11.0 Å². The molecule has 0 saturated carbocycles. The predicted octanol–water partition coefficient (Wildman–Crippen LogP) is 12.6. The van der Waals surface area contributed by atoms with Gasteiger partial charge >= 0.3 is 0 Å². The first-order chi connectivity index (χ1) is 24.5. The number of aromatic nitrogens is 3. The van der Waals surface area contributed by atoms with Crippen LogP contribution in [-0.2, 0) is 10.8 Å². The lowest BCUT2D eigenvalue weighted by molar-refractivity contribution is 0.584. The molecule has 6 aromatic carbocycles. The molecule has 8 rings (SSSR count). The van der Waals surface area contributed by atoms with Crippen molar-refractivity contribution in [2.45, 2.75) is 52.4 Å². The van der Waals surface area contributed by atoms with Crippen LogP contribution in [0.3, 0.4) is 0 Å². The number of fused-ring (bicyclic) bond motifs is 3. The van der Waals surface area contributed by atoms with Crippen LogP contribution in [0.4, 0.5) is 17.1 Å². The van der Waals surface area contributed by atoms with Gasteiger partial charge in [-0.05, 0) is 119 Å². The molecular formula is C46H42N4O. The Kier molecular flexibility index (Phi) is 7.87. The van der Waals surface area contributed by atoms with Gasteiger partial charge in [-0.1, -0.05) is 90.1 Å². The molecule has 0 radical (unpaired) electrons. The monoisotopic (exact) mass is 666 g/mol. The zero-order valence-corrected chi connectivity index (χ0v) is 30.1. The molecule has 0 bridgehead atoms. The molecule has 2 aromatic heterocycles. The van der Waals surface area contributed by atoms with Gasteiger partial charge in [0, 0.05) is 44.6 Å². The van der Waals surface area contributed by atoms with E-state index in [1.807, 2.05) is 24.3 Å². The summed E-state index contributed by atoms with van der Waals surface area (Å²) >= 11 is 0. The normalized spacial score (nSPS) is 12.1. The molecule has 0 N–H and O–H groups in total. The van der Waals surface area contributed by atoms with Crippen LogP contribution in [-0.4, -0.2) is 14.8 Å². The second kappa shape index (κ2) is 12.4. The van der Waals surface area contributed by atoms with Gasteiger partial charge in [0.2, 0.25) is 11.8 Å². The molecule has 2 heterocycles. The fourth-order valence-electron chi connectivity index (χ4n) is 6.80. The van der Waals surface area contributed by atoms with E-state index < -0.39 is 0 Å². The molecule has 5 nitrogen and oxygen atoms in total. The van der Waals surface area contributed by atoms with Gasteiger partial charge in [-0.3, -0.25) is 0 Å². The third-order valence-electron chi connectivity index (χ3n) is 9.70. The molecule has 0 aliphatic rings. The van der Waals surface area contributed by atoms with E-state index in [1.54, 1.807) is 0 Å². The average molecular weight is 667 g/mol. The van der Waals surface area contributed by atoms with Crippen molar-refractivity contribution in [2.24, 2.45) is 0 Å². The summed E-state index contributed by atoms with van der Waals surface area (Å²) in [4.78, 5) is 2.23. The maximum absolute atomic E-state index is 6.24. The summed E-state index contributed by atoms with van der Waals surface area (Å²) in [7, 11) is 0. The molecule has 0 unspecified atom stereocenters. The minimum absolute atomic E-state index is 0.0571. The Labute approximate surface area is 299 Å².